The first-order valence-corrected chi connectivity index (χ1v) is 7.61. The summed E-state index contributed by atoms with van der Waals surface area (Å²) in [4.78, 5) is 24.9. The zero-order valence-electron chi connectivity index (χ0n) is 13.1. The molecule has 0 aliphatic carbocycles. The van der Waals surface area contributed by atoms with Crippen molar-refractivity contribution in [3.8, 4) is 0 Å². The van der Waals surface area contributed by atoms with Crippen molar-refractivity contribution in [2.24, 2.45) is 7.05 Å². The highest BCUT2D eigenvalue weighted by molar-refractivity contribution is 6.32. The average Bonchev–Trinajstić information content (AvgIpc) is 3.08. The van der Waals surface area contributed by atoms with E-state index in [9.17, 15) is 9.59 Å². The lowest BCUT2D eigenvalue weighted by atomic mass is 10.1. The van der Waals surface area contributed by atoms with Crippen LogP contribution >= 0.6 is 0 Å². The maximum Gasteiger partial charge on any atom is 0.282 e. The van der Waals surface area contributed by atoms with Gasteiger partial charge < -0.3 is 4.57 Å². The van der Waals surface area contributed by atoms with E-state index in [4.69, 9.17) is 0 Å². The van der Waals surface area contributed by atoms with Crippen LogP contribution in [-0.4, -0.2) is 16.4 Å². The van der Waals surface area contributed by atoms with Gasteiger partial charge in [-0.05, 0) is 24.3 Å². The summed E-state index contributed by atoms with van der Waals surface area (Å²) < 4.78 is 1.98. The van der Waals surface area contributed by atoms with Crippen molar-refractivity contribution in [3.63, 3.8) is 0 Å². The van der Waals surface area contributed by atoms with Crippen LogP contribution in [0.15, 0.2) is 66.4 Å². The number of amides is 2. The summed E-state index contributed by atoms with van der Waals surface area (Å²) in [5.74, 6) is -0.740. The second-order valence-corrected chi connectivity index (χ2v) is 5.69. The molecular formula is C19H15N3O2. The fourth-order valence-corrected chi connectivity index (χ4v) is 2.96. The van der Waals surface area contributed by atoms with E-state index in [1.165, 1.54) is 5.01 Å². The summed E-state index contributed by atoms with van der Waals surface area (Å²) in [5.41, 5.74) is 5.29. The van der Waals surface area contributed by atoms with E-state index in [0.717, 1.165) is 16.5 Å². The Labute approximate surface area is 138 Å². The molecule has 2 aromatic carbocycles. The van der Waals surface area contributed by atoms with Crippen molar-refractivity contribution in [1.29, 1.82) is 0 Å². The van der Waals surface area contributed by atoms with Gasteiger partial charge in [0.1, 0.15) is 5.57 Å². The number of carbonyl (C=O) groups is 2. The second-order valence-electron chi connectivity index (χ2n) is 5.69. The third-order valence-corrected chi connectivity index (χ3v) is 4.13. The molecule has 1 aromatic heterocycles. The van der Waals surface area contributed by atoms with Gasteiger partial charge in [0.25, 0.3) is 11.8 Å². The smallest absolute Gasteiger partial charge is 0.282 e. The van der Waals surface area contributed by atoms with Crippen LogP contribution in [0.1, 0.15) is 5.56 Å². The lowest BCUT2D eigenvalue weighted by Crippen LogP contribution is -2.35. The third-order valence-electron chi connectivity index (χ3n) is 4.13. The highest BCUT2D eigenvalue weighted by Gasteiger charge is 2.34. The first-order valence-electron chi connectivity index (χ1n) is 7.61. The van der Waals surface area contributed by atoms with E-state index in [-0.39, 0.29) is 11.5 Å². The SMILES string of the molecule is Cn1cc(C=C2C(=O)NN(c3ccccc3)C2=O)c2ccccc21. The highest BCUT2D eigenvalue weighted by Crippen LogP contribution is 2.25. The number of para-hydroxylation sites is 2. The number of fused-ring (bicyclic) bond motifs is 1. The summed E-state index contributed by atoms with van der Waals surface area (Å²) in [5, 5.41) is 2.28. The summed E-state index contributed by atoms with van der Waals surface area (Å²) in [7, 11) is 1.94. The van der Waals surface area contributed by atoms with Crippen LogP contribution in [0.4, 0.5) is 5.69 Å². The summed E-state index contributed by atoms with van der Waals surface area (Å²) >= 11 is 0. The van der Waals surface area contributed by atoms with Gasteiger partial charge in [-0.2, -0.15) is 0 Å². The third kappa shape index (κ3) is 2.18. The molecule has 1 saturated heterocycles. The predicted octanol–water partition coefficient (Wildman–Crippen LogP) is 2.64. The van der Waals surface area contributed by atoms with Crippen LogP contribution in [0.5, 0.6) is 0 Å². The standard InChI is InChI=1S/C19H15N3O2/c1-21-12-13(15-9-5-6-10-17(15)21)11-16-18(23)20-22(19(16)24)14-7-3-2-4-8-14/h2-12H,1H3,(H,20,23). The van der Waals surface area contributed by atoms with Gasteiger partial charge in [-0.15, -0.1) is 0 Å². The molecule has 1 aliphatic heterocycles. The first kappa shape index (κ1) is 14.3. The van der Waals surface area contributed by atoms with Gasteiger partial charge in [-0.25, -0.2) is 5.01 Å². The molecule has 0 spiro atoms. The molecule has 1 aliphatic rings. The van der Waals surface area contributed by atoms with E-state index in [2.05, 4.69) is 5.43 Å². The quantitative estimate of drug-likeness (QED) is 0.583. The molecule has 5 nitrogen and oxygen atoms in total. The number of anilines is 1. The normalized spacial score (nSPS) is 16.2. The molecule has 2 heterocycles. The molecule has 0 radical (unpaired) electrons. The summed E-state index contributed by atoms with van der Waals surface area (Å²) in [6.07, 6.45) is 3.58. The van der Waals surface area contributed by atoms with Crippen LogP contribution in [0.2, 0.25) is 0 Å². The van der Waals surface area contributed by atoms with Crippen molar-refractivity contribution in [1.82, 2.24) is 9.99 Å². The molecule has 0 saturated carbocycles. The van der Waals surface area contributed by atoms with Gasteiger partial charge in [0, 0.05) is 29.7 Å². The molecule has 0 atom stereocenters. The Hall–Kier alpha value is -3.34. The fraction of sp³-hybridized carbons (Fsp3) is 0.0526. The van der Waals surface area contributed by atoms with E-state index in [0.29, 0.717) is 5.69 Å². The molecule has 5 heteroatoms. The molecule has 24 heavy (non-hydrogen) atoms. The number of hydrogen-bond acceptors (Lipinski definition) is 2. The van der Waals surface area contributed by atoms with Crippen molar-refractivity contribution in [3.05, 3.63) is 71.9 Å². The van der Waals surface area contributed by atoms with Gasteiger partial charge in [0.05, 0.1) is 5.69 Å². The van der Waals surface area contributed by atoms with Crippen molar-refractivity contribution in [2.45, 2.75) is 0 Å². The van der Waals surface area contributed by atoms with Crippen molar-refractivity contribution >= 4 is 34.5 Å². The van der Waals surface area contributed by atoms with Crippen molar-refractivity contribution in [2.75, 3.05) is 5.01 Å². The van der Waals surface area contributed by atoms with Crippen LogP contribution in [0, 0.1) is 0 Å². The lowest BCUT2D eigenvalue weighted by molar-refractivity contribution is -0.117. The van der Waals surface area contributed by atoms with Crippen LogP contribution < -0.4 is 10.4 Å². The van der Waals surface area contributed by atoms with E-state index in [1.807, 2.05) is 60.3 Å². The maximum atomic E-state index is 12.6. The lowest BCUT2D eigenvalue weighted by Gasteiger charge is -2.13. The summed E-state index contributed by atoms with van der Waals surface area (Å²) in [6.45, 7) is 0. The fourth-order valence-electron chi connectivity index (χ4n) is 2.96. The van der Waals surface area contributed by atoms with Crippen LogP contribution in [0.25, 0.3) is 17.0 Å². The van der Waals surface area contributed by atoms with Gasteiger partial charge in [0.2, 0.25) is 0 Å². The zero-order valence-corrected chi connectivity index (χ0v) is 13.1. The number of aromatic nitrogens is 1. The maximum absolute atomic E-state index is 12.6. The molecule has 1 fully saturated rings. The van der Waals surface area contributed by atoms with E-state index < -0.39 is 5.91 Å². The minimum atomic E-state index is -0.392. The Kier molecular flexibility index (Phi) is 3.20. The number of nitrogens with one attached hydrogen (secondary N) is 1. The van der Waals surface area contributed by atoms with E-state index in [1.54, 1.807) is 18.2 Å². The largest absolute Gasteiger partial charge is 0.350 e. The van der Waals surface area contributed by atoms with Gasteiger partial charge in [-0.3, -0.25) is 15.0 Å². The zero-order chi connectivity index (χ0) is 16.7. The number of aryl methyl sites for hydroxylation is 1. The van der Waals surface area contributed by atoms with Gasteiger partial charge in [0.15, 0.2) is 0 Å². The number of benzene rings is 2. The Morgan fingerprint density at radius 3 is 2.46 bits per heavy atom. The molecule has 118 valence electrons. The molecule has 3 aromatic rings. The molecular weight excluding hydrogens is 302 g/mol. The van der Waals surface area contributed by atoms with Crippen LogP contribution in [0.3, 0.4) is 0 Å². The van der Waals surface area contributed by atoms with Gasteiger partial charge >= 0.3 is 0 Å². The second kappa shape index (κ2) is 5.38. The summed E-state index contributed by atoms with van der Waals surface area (Å²) in [6, 6.07) is 16.9. The number of nitrogens with zero attached hydrogens (tertiary/aromatic N) is 2. The molecule has 0 bridgehead atoms. The Bertz CT molecular complexity index is 986. The van der Waals surface area contributed by atoms with Crippen molar-refractivity contribution < 1.29 is 9.59 Å². The highest BCUT2D eigenvalue weighted by atomic mass is 16.2. The Balaban J connectivity index is 1.77. The minimum Gasteiger partial charge on any atom is -0.350 e. The Morgan fingerprint density at radius 2 is 1.67 bits per heavy atom. The van der Waals surface area contributed by atoms with E-state index >= 15 is 0 Å². The number of hydrazine groups is 1. The number of rotatable bonds is 2. The number of carbonyl (C=O) groups excluding carboxylic acids is 2. The minimum absolute atomic E-state index is 0.134. The topological polar surface area (TPSA) is 54.3 Å². The average molecular weight is 317 g/mol. The molecule has 1 N–H and O–H groups in total. The van der Waals surface area contributed by atoms with Crippen LogP contribution in [-0.2, 0) is 16.6 Å². The molecule has 0 unspecified atom stereocenters. The molecule has 4 rings (SSSR count). The van der Waals surface area contributed by atoms with Gasteiger partial charge in [-0.1, -0.05) is 36.4 Å². The number of hydrogen-bond donors (Lipinski definition) is 1. The monoisotopic (exact) mass is 317 g/mol. The predicted molar refractivity (Wildman–Crippen MR) is 93.0 cm³/mol. The first-order chi connectivity index (χ1) is 11.6. The molecule has 2 amide bonds. The Morgan fingerprint density at radius 1 is 0.958 bits per heavy atom.